The zero-order valence-electron chi connectivity index (χ0n) is 8.32. The fraction of sp³-hybridized carbons (Fsp3) is 0.455. The molecule has 14 heavy (non-hydrogen) atoms. The molecule has 1 heterocycles. The van der Waals surface area contributed by atoms with Gasteiger partial charge in [-0.25, -0.2) is 0 Å². The first-order valence-electron chi connectivity index (χ1n) is 4.70. The highest BCUT2D eigenvalue weighted by molar-refractivity contribution is 6.35. The second-order valence-electron chi connectivity index (χ2n) is 4.44. The molecule has 1 aromatic carbocycles. The fourth-order valence-electron chi connectivity index (χ4n) is 1.88. The van der Waals surface area contributed by atoms with Crippen LogP contribution in [0.25, 0.3) is 0 Å². The molecular formula is C11H13Cl2N. The summed E-state index contributed by atoms with van der Waals surface area (Å²) in [7, 11) is 0. The molecule has 0 saturated heterocycles. The molecule has 0 fully saturated rings. The Morgan fingerprint density at radius 3 is 2.71 bits per heavy atom. The van der Waals surface area contributed by atoms with E-state index < -0.39 is 0 Å². The highest BCUT2D eigenvalue weighted by Gasteiger charge is 2.25. The lowest BCUT2D eigenvalue weighted by Crippen LogP contribution is -2.44. The summed E-state index contributed by atoms with van der Waals surface area (Å²) in [6, 6.07) is 3.83. The third kappa shape index (κ3) is 1.90. The van der Waals surface area contributed by atoms with E-state index in [1.54, 1.807) is 0 Å². The van der Waals surface area contributed by atoms with Gasteiger partial charge in [0.25, 0.3) is 0 Å². The molecule has 1 N–H and O–H groups in total. The molecule has 1 aliphatic heterocycles. The third-order valence-corrected chi connectivity index (χ3v) is 3.18. The van der Waals surface area contributed by atoms with Crippen molar-refractivity contribution < 1.29 is 0 Å². The maximum Gasteiger partial charge on any atom is 0.0468 e. The van der Waals surface area contributed by atoms with Crippen LogP contribution in [0.4, 0.5) is 0 Å². The Labute approximate surface area is 94.4 Å². The van der Waals surface area contributed by atoms with Crippen molar-refractivity contribution in [3.8, 4) is 0 Å². The summed E-state index contributed by atoms with van der Waals surface area (Å²) < 4.78 is 0. The van der Waals surface area contributed by atoms with Gasteiger partial charge >= 0.3 is 0 Å². The Morgan fingerprint density at radius 1 is 1.29 bits per heavy atom. The smallest absolute Gasteiger partial charge is 0.0468 e. The third-order valence-electron chi connectivity index (χ3n) is 2.63. The summed E-state index contributed by atoms with van der Waals surface area (Å²) in [6.07, 6.45) is 0.975. The average molecular weight is 230 g/mol. The zero-order chi connectivity index (χ0) is 10.3. The number of hydrogen-bond donors (Lipinski definition) is 1. The predicted molar refractivity (Wildman–Crippen MR) is 61.1 cm³/mol. The van der Waals surface area contributed by atoms with E-state index in [-0.39, 0.29) is 5.54 Å². The van der Waals surface area contributed by atoms with E-state index in [2.05, 4.69) is 19.2 Å². The standard InChI is InChI=1S/C11H13Cl2N/c1-11(2)5-7-3-8(12)4-10(13)9(7)6-14-11/h3-4,14H,5-6H2,1-2H3. The van der Waals surface area contributed by atoms with Crippen molar-refractivity contribution in [2.45, 2.75) is 32.4 Å². The van der Waals surface area contributed by atoms with E-state index in [4.69, 9.17) is 23.2 Å². The lowest BCUT2D eigenvalue weighted by molar-refractivity contribution is 0.363. The molecule has 0 saturated carbocycles. The van der Waals surface area contributed by atoms with Crippen molar-refractivity contribution >= 4 is 23.2 Å². The lowest BCUT2D eigenvalue weighted by Gasteiger charge is -2.33. The largest absolute Gasteiger partial charge is 0.307 e. The maximum atomic E-state index is 6.12. The number of fused-ring (bicyclic) bond motifs is 1. The molecule has 0 radical (unpaired) electrons. The molecule has 0 aromatic heterocycles. The first-order valence-corrected chi connectivity index (χ1v) is 5.45. The predicted octanol–water partition coefficient (Wildman–Crippen LogP) is 3.42. The van der Waals surface area contributed by atoms with Gasteiger partial charge in [-0.05, 0) is 43.5 Å². The Balaban J connectivity index is 2.47. The Bertz CT molecular complexity index is 372. The van der Waals surface area contributed by atoms with Crippen molar-refractivity contribution in [1.29, 1.82) is 0 Å². The van der Waals surface area contributed by atoms with Gasteiger partial charge in [0, 0.05) is 22.1 Å². The Hall–Kier alpha value is -0.240. The molecular weight excluding hydrogens is 217 g/mol. The summed E-state index contributed by atoms with van der Waals surface area (Å²) in [5, 5.41) is 4.95. The summed E-state index contributed by atoms with van der Waals surface area (Å²) in [5.74, 6) is 0. The van der Waals surface area contributed by atoms with E-state index in [0.29, 0.717) is 0 Å². The molecule has 1 aliphatic rings. The van der Waals surface area contributed by atoms with Gasteiger partial charge in [-0.1, -0.05) is 23.2 Å². The molecule has 1 aromatic rings. The molecule has 3 heteroatoms. The first kappa shape index (κ1) is 10.3. The normalized spacial score (nSPS) is 19.1. The number of benzene rings is 1. The van der Waals surface area contributed by atoms with Crippen LogP contribution < -0.4 is 5.32 Å². The van der Waals surface area contributed by atoms with Gasteiger partial charge in [0.2, 0.25) is 0 Å². The number of hydrogen-bond acceptors (Lipinski definition) is 1. The van der Waals surface area contributed by atoms with E-state index in [1.165, 1.54) is 11.1 Å². The highest BCUT2D eigenvalue weighted by atomic mass is 35.5. The minimum absolute atomic E-state index is 0.140. The molecule has 1 nitrogen and oxygen atoms in total. The second-order valence-corrected chi connectivity index (χ2v) is 5.28. The lowest BCUT2D eigenvalue weighted by atomic mass is 9.88. The Morgan fingerprint density at radius 2 is 2.00 bits per heavy atom. The average Bonchev–Trinajstić information content (AvgIpc) is 2.00. The van der Waals surface area contributed by atoms with Crippen molar-refractivity contribution in [3.63, 3.8) is 0 Å². The van der Waals surface area contributed by atoms with E-state index in [9.17, 15) is 0 Å². The topological polar surface area (TPSA) is 12.0 Å². The quantitative estimate of drug-likeness (QED) is 0.720. The van der Waals surface area contributed by atoms with Crippen molar-refractivity contribution in [1.82, 2.24) is 5.32 Å². The van der Waals surface area contributed by atoms with Crippen molar-refractivity contribution in [2.24, 2.45) is 0 Å². The first-order chi connectivity index (χ1) is 6.48. The SMILES string of the molecule is CC1(C)Cc2cc(Cl)cc(Cl)c2CN1. The maximum absolute atomic E-state index is 6.12. The molecule has 0 amide bonds. The zero-order valence-corrected chi connectivity index (χ0v) is 9.84. The monoisotopic (exact) mass is 229 g/mol. The van der Waals surface area contributed by atoms with Crippen LogP contribution >= 0.6 is 23.2 Å². The van der Waals surface area contributed by atoms with Crippen molar-refractivity contribution in [2.75, 3.05) is 0 Å². The molecule has 2 rings (SSSR count). The van der Waals surface area contributed by atoms with E-state index in [1.807, 2.05) is 12.1 Å². The Kier molecular flexibility index (Phi) is 2.50. The minimum atomic E-state index is 0.140. The minimum Gasteiger partial charge on any atom is -0.307 e. The number of rotatable bonds is 0. The molecule has 0 spiro atoms. The molecule has 0 aliphatic carbocycles. The molecule has 0 unspecified atom stereocenters. The highest BCUT2D eigenvalue weighted by Crippen LogP contribution is 2.31. The van der Waals surface area contributed by atoms with Gasteiger partial charge in [-0.15, -0.1) is 0 Å². The molecule has 0 bridgehead atoms. The van der Waals surface area contributed by atoms with Crippen LogP contribution in [0.2, 0.25) is 10.0 Å². The van der Waals surface area contributed by atoms with E-state index in [0.717, 1.165) is 23.0 Å². The van der Waals surface area contributed by atoms with Gasteiger partial charge in [0.15, 0.2) is 0 Å². The van der Waals surface area contributed by atoms with Crippen LogP contribution in [0, 0.1) is 0 Å². The van der Waals surface area contributed by atoms with Gasteiger partial charge in [-0.3, -0.25) is 0 Å². The van der Waals surface area contributed by atoms with Crippen molar-refractivity contribution in [3.05, 3.63) is 33.3 Å². The van der Waals surface area contributed by atoms with Crippen LogP contribution in [-0.4, -0.2) is 5.54 Å². The fourth-order valence-corrected chi connectivity index (χ4v) is 2.48. The van der Waals surface area contributed by atoms with Gasteiger partial charge in [0.05, 0.1) is 0 Å². The number of halogens is 2. The summed E-state index contributed by atoms with van der Waals surface area (Å²) in [4.78, 5) is 0. The van der Waals surface area contributed by atoms with Crippen LogP contribution in [0.1, 0.15) is 25.0 Å². The van der Waals surface area contributed by atoms with Crippen LogP contribution in [0.3, 0.4) is 0 Å². The van der Waals surface area contributed by atoms with E-state index >= 15 is 0 Å². The van der Waals surface area contributed by atoms with Crippen LogP contribution in [0.15, 0.2) is 12.1 Å². The summed E-state index contributed by atoms with van der Waals surface area (Å²) >= 11 is 12.1. The van der Waals surface area contributed by atoms with Gasteiger partial charge in [0.1, 0.15) is 0 Å². The van der Waals surface area contributed by atoms with Gasteiger partial charge < -0.3 is 5.32 Å². The molecule has 76 valence electrons. The number of nitrogens with one attached hydrogen (secondary N) is 1. The van der Waals surface area contributed by atoms with Crippen LogP contribution in [-0.2, 0) is 13.0 Å². The van der Waals surface area contributed by atoms with Gasteiger partial charge in [-0.2, -0.15) is 0 Å². The summed E-state index contributed by atoms with van der Waals surface area (Å²) in [5.41, 5.74) is 2.60. The van der Waals surface area contributed by atoms with Crippen LogP contribution in [0.5, 0.6) is 0 Å². The second kappa shape index (κ2) is 3.41. The summed E-state index contributed by atoms with van der Waals surface area (Å²) in [6.45, 7) is 5.20. The molecule has 0 atom stereocenters.